The fourth-order valence-corrected chi connectivity index (χ4v) is 4.12. The number of sulfonamides is 1. The maximum Gasteiger partial charge on any atom is 0.441 e. The third-order valence-electron chi connectivity index (χ3n) is 4.93. The van der Waals surface area contributed by atoms with Crippen LogP contribution in [0.5, 0.6) is 0 Å². The Balaban J connectivity index is 2.04. The number of non-ortho nitro benzene ring substituents is 1. The van der Waals surface area contributed by atoms with E-state index in [0.29, 0.717) is 5.56 Å². The van der Waals surface area contributed by atoms with Gasteiger partial charge >= 0.3 is 11.7 Å². The fraction of sp³-hybridized carbons (Fsp3) is 0.444. The van der Waals surface area contributed by atoms with Crippen molar-refractivity contribution in [2.24, 2.45) is 11.8 Å². The highest BCUT2D eigenvalue weighted by molar-refractivity contribution is 7.88. The van der Waals surface area contributed by atoms with Crippen molar-refractivity contribution in [3.8, 4) is 0 Å². The number of nitrogens with one attached hydrogen (secondary N) is 2. The Bertz CT molecular complexity index is 1090. The molecule has 1 amide bonds. The van der Waals surface area contributed by atoms with Gasteiger partial charge in [-0.3, -0.25) is 19.7 Å². The maximum absolute atomic E-state index is 12.7. The predicted octanol–water partition coefficient (Wildman–Crippen LogP) is -0.434. The summed E-state index contributed by atoms with van der Waals surface area (Å²) in [5.74, 6) is -4.52. The Morgan fingerprint density at radius 2 is 1.91 bits per heavy atom. The van der Waals surface area contributed by atoms with Gasteiger partial charge in [-0.05, 0) is 24.6 Å². The number of ether oxygens (including phenoxy) is 1. The monoisotopic (exact) mass is 467 g/mol. The fourth-order valence-electron chi connectivity index (χ4n) is 3.30. The van der Waals surface area contributed by atoms with Gasteiger partial charge < -0.3 is 15.6 Å². The van der Waals surface area contributed by atoms with Crippen LogP contribution in [0, 0.1) is 22.0 Å². The van der Waals surface area contributed by atoms with Crippen molar-refractivity contribution < 1.29 is 37.3 Å². The van der Waals surface area contributed by atoms with Crippen molar-refractivity contribution in [2.75, 3.05) is 6.26 Å². The van der Waals surface area contributed by atoms with Crippen LogP contribution >= 0.6 is 0 Å². The number of nitro groups is 1. The van der Waals surface area contributed by atoms with Gasteiger partial charge in [-0.2, -0.15) is 4.79 Å². The molecule has 1 heterocycles. The van der Waals surface area contributed by atoms with Crippen molar-refractivity contribution in [1.29, 1.82) is 0 Å². The Hall–Kier alpha value is -3.48. The second kappa shape index (κ2) is 9.77. The lowest BCUT2D eigenvalue weighted by atomic mass is 9.76. The lowest BCUT2D eigenvalue weighted by Crippen LogP contribution is -2.68. The number of β-lactam (4-membered cyclic amide) rings is 1. The van der Waals surface area contributed by atoms with E-state index < -0.39 is 62.2 Å². The molecule has 0 unspecified atom stereocenters. The van der Waals surface area contributed by atoms with E-state index in [4.69, 9.17) is 4.74 Å². The highest BCUT2D eigenvalue weighted by Gasteiger charge is 2.50. The van der Waals surface area contributed by atoms with Crippen molar-refractivity contribution in [3.05, 3.63) is 45.5 Å². The summed E-state index contributed by atoms with van der Waals surface area (Å²) in [5.41, 5.74) is 8.52. The molecule has 1 aliphatic rings. The lowest BCUT2D eigenvalue weighted by molar-refractivity contribution is -0.384. The number of esters is 1. The number of carbonyl (C=O) groups is 3. The molecule has 4 atom stereocenters. The molecule has 14 heteroatoms. The van der Waals surface area contributed by atoms with Gasteiger partial charge in [-0.25, -0.2) is 17.9 Å². The van der Waals surface area contributed by atoms with Crippen LogP contribution in [0.1, 0.15) is 19.4 Å². The summed E-state index contributed by atoms with van der Waals surface area (Å²) in [6, 6.07) is 3.51. The molecule has 172 valence electrons. The number of hydrogen-bond acceptors (Lipinski definition) is 8. The summed E-state index contributed by atoms with van der Waals surface area (Å²) in [5, 5.41) is 13.2. The van der Waals surface area contributed by atoms with Crippen molar-refractivity contribution in [2.45, 2.75) is 32.5 Å². The topological polar surface area (TPSA) is 198 Å². The van der Waals surface area contributed by atoms with Crippen LogP contribution in [0.3, 0.4) is 0 Å². The molecular weight excluding hydrogens is 446 g/mol. The molecule has 0 aliphatic carbocycles. The molecule has 0 aromatic heterocycles. The molecular formula is C18H21N5O8S. The van der Waals surface area contributed by atoms with Gasteiger partial charge in [-0.15, -0.1) is 0 Å². The molecule has 0 radical (unpaired) electrons. The molecule has 13 nitrogen and oxygen atoms in total. The summed E-state index contributed by atoms with van der Waals surface area (Å²) in [4.78, 5) is 49.6. The van der Waals surface area contributed by atoms with Gasteiger partial charge in [-0.1, -0.05) is 6.92 Å². The Kier molecular flexibility index (Phi) is 7.56. The minimum atomic E-state index is -3.60. The second-order valence-electron chi connectivity index (χ2n) is 7.34. The smallest absolute Gasteiger partial charge is 0.441 e. The number of rotatable bonds is 10. The second-order valence-corrected chi connectivity index (χ2v) is 9.12. The van der Waals surface area contributed by atoms with E-state index in [1.54, 1.807) is 0 Å². The zero-order valence-electron chi connectivity index (χ0n) is 17.3. The molecule has 1 fully saturated rings. The van der Waals surface area contributed by atoms with Gasteiger partial charge in [0.15, 0.2) is 0 Å². The van der Waals surface area contributed by atoms with Crippen molar-refractivity contribution >= 4 is 39.1 Å². The van der Waals surface area contributed by atoms with Crippen molar-refractivity contribution in [3.63, 3.8) is 0 Å². The van der Waals surface area contributed by atoms with Gasteiger partial charge in [0.2, 0.25) is 15.9 Å². The molecule has 2 N–H and O–H groups in total. The van der Waals surface area contributed by atoms with Crippen LogP contribution in [0.2, 0.25) is 0 Å². The van der Waals surface area contributed by atoms with E-state index in [9.17, 15) is 38.4 Å². The van der Waals surface area contributed by atoms with Gasteiger partial charge in [0.05, 0.1) is 23.1 Å². The highest BCUT2D eigenvalue weighted by atomic mass is 32.2. The number of ketones is 1. The first-order chi connectivity index (χ1) is 14.9. The highest BCUT2D eigenvalue weighted by Crippen LogP contribution is 2.27. The number of carbonyl (C=O) groups excluding carboxylic acids is 3. The van der Waals surface area contributed by atoms with Crippen LogP contribution < -0.4 is 10.0 Å². The van der Waals surface area contributed by atoms with E-state index in [-0.39, 0.29) is 12.3 Å². The molecule has 0 bridgehead atoms. The molecule has 0 spiro atoms. The number of benzene rings is 1. The SMILES string of the molecule is C[C@@H](NS(C)(=O)=O)[C@H]1C(=O)N[C@@H]1[C@@H](C)C(=O)C(=[N+]=[N-])C(=O)OCc1ccc([N+](=O)[O-])cc1. The Morgan fingerprint density at radius 3 is 2.38 bits per heavy atom. The van der Waals surface area contributed by atoms with Crippen LogP contribution in [0.4, 0.5) is 5.69 Å². The molecule has 1 saturated heterocycles. The first-order valence-corrected chi connectivity index (χ1v) is 11.2. The summed E-state index contributed by atoms with van der Waals surface area (Å²) in [6.07, 6.45) is 0.932. The van der Waals surface area contributed by atoms with E-state index in [1.807, 2.05) is 0 Å². The summed E-state index contributed by atoms with van der Waals surface area (Å²) < 4.78 is 30.1. The Labute approximate surface area is 182 Å². The summed E-state index contributed by atoms with van der Waals surface area (Å²) in [7, 11) is -3.60. The molecule has 1 aromatic rings. The largest absolute Gasteiger partial charge is 0.452 e. The van der Waals surface area contributed by atoms with Gasteiger partial charge in [0.25, 0.3) is 11.5 Å². The zero-order chi connectivity index (χ0) is 24.2. The lowest BCUT2D eigenvalue weighted by Gasteiger charge is -2.42. The molecule has 1 aromatic carbocycles. The minimum absolute atomic E-state index is 0.154. The van der Waals surface area contributed by atoms with Crippen molar-refractivity contribution in [1.82, 2.24) is 10.0 Å². The van der Waals surface area contributed by atoms with E-state index in [0.717, 1.165) is 6.26 Å². The standard InChI is InChI=1S/C18H21N5O8S/c1-9(14-13(17(25)20-14)10(2)22-32(3,29)30)16(24)15(21-19)18(26)31-8-11-4-6-12(7-5-11)23(27)28/h4-7,9-10,13-14,22H,8H2,1-3H3,(H,20,25)/t9-,10-,13-,14-/m1/s1. The van der Waals surface area contributed by atoms with Gasteiger partial charge in [0.1, 0.15) is 6.61 Å². The average Bonchev–Trinajstić information content (AvgIpc) is 2.69. The number of Topliss-reactive ketones (excluding diaryl/α,β-unsaturated/α-hetero) is 1. The average molecular weight is 467 g/mol. The third kappa shape index (κ3) is 5.81. The third-order valence-corrected chi connectivity index (χ3v) is 5.73. The zero-order valence-corrected chi connectivity index (χ0v) is 18.2. The predicted molar refractivity (Wildman–Crippen MR) is 109 cm³/mol. The molecule has 0 saturated carbocycles. The van der Waals surface area contributed by atoms with Crippen LogP contribution in [-0.4, -0.2) is 59.8 Å². The Morgan fingerprint density at radius 1 is 1.31 bits per heavy atom. The number of amides is 1. The number of nitro benzene ring substituents is 1. The first kappa shape index (κ1) is 24.8. The van der Waals surface area contributed by atoms with E-state index in [1.165, 1.54) is 38.1 Å². The molecule has 32 heavy (non-hydrogen) atoms. The summed E-state index contributed by atoms with van der Waals surface area (Å²) in [6.45, 7) is 2.52. The number of hydrogen-bond donors (Lipinski definition) is 2. The minimum Gasteiger partial charge on any atom is -0.452 e. The van der Waals surface area contributed by atoms with Crippen LogP contribution in [0.25, 0.3) is 5.53 Å². The number of nitrogens with zero attached hydrogens (tertiary/aromatic N) is 3. The normalized spacial score (nSPS) is 19.5. The quantitative estimate of drug-likeness (QED) is 0.0674. The van der Waals surface area contributed by atoms with Crippen LogP contribution in [-0.2, 0) is 35.8 Å². The van der Waals surface area contributed by atoms with Gasteiger partial charge in [0, 0.05) is 24.1 Å². The van der Waals surface area contributed by atoms with Crippen LogP contribution in [0.15, 0.2) is 24.3 Å². The molecule has 1 aliphatic heterocycles. The van der Waals surface area contributed by atoms with E-state index in [2.05, 4.69) is 14.8 Å². The summed E-state index contributed by atoms with van der Waals surface area (Å²) >= 11 is 0. The van der Waals surface area contributed by atoms with E-state index >= 15 is 0 Å². The first-order valence-electron chi connectivity index (χ1n) is 9.30. The molecule has 2 rings (SSSR count). The maximum atomic E-state index is 12.7.